The van der Waals surface area contributed by atoms with Gasteiger partial charge in [0.05, 0.1) is 31.1 Å². The minimum absolute atomic E-state index is 0.0647. The van der Waals surface area contributed by atoms with Gasteiger partial charge in [-0.05, 0) is 35.4 Å². The smallest absolute Gasteiger partial charge is 0.243 e. The number of methoxy groups -OCH3 is 1. The highest BCUT2D eigenvalue weighted by Crippen LogP contribution is 2.34. The lowest BCUT2D eigenvalue weighted by Crippen LogP contribution is -2.29. The number of carbonyl (C=O) groups is 2. The number of ether oxygens (including phenoxy) is 1. The molecule has 2 aromatic heterocycles. The van der Waals surface area contributed by atoms with Crippen molar-refractivity contribution in [3.63, 3.8) is 0 Å². The zero-order valence-corrected chi connectivity index (χ0v) is 20.0. The van der Waals surface area contributed by atoms with Crippen molar-refractivity contribution in [2.24, 2.45) is 5.10 Å². The van der Waals surface area contributed by atoms with Gasteiger partial charge in [0, 0.05) is 31.7 Å². The zero-order valence-electron chi connectivity index (χ0n) is 20.0. The van der Waals surface area contributed by atoms with Gasteiger partial charge >= 0.3 is 0 Å². The summed E-state index contributed by atoms with van der Waals surface area (Å²) in [5, 5.41) is 9.07. The van der Waals surface area contributed by atoms with Crippen molar-refractivity contribution in [3.8, 4) is 5.75 Å². The molecule has 1 N–H and O–H groups in total. The fraction of sp³-hybridized carbons (Fsp3) is 0.214. The van der Waals surface area contributed by atoms with Crippen molar-refractivity contribution >= 4 is 23.2 Å². The molecular weight excluding hydrogens is 454 g/mol. The van der Waals surface area contributed by atoms with E-state index < -0.39 is 0 Å². The summed E-state index contributed by atoms with van der Waals surface area (Å²) in [6.07, 6.45) is 4.53. The van der Waals surface area contributed by atoms with E-state index in [4.69, 9.17) is 4.74 Å². The van der Waals surface area contributed by atoms with Gasteiger partial charge in [-0.15, -0.1) is 0 Å². The molecule has 182 valence electrons. The molecule has 0 saturated heterocycles. The lowest BCUT2D eigenvalue weighted by atomic mass is 9.98. The molecule has 1 atom stereocenters. The predicted molar refractivity (Wildman–Crippen MR) is 136 cm³/mol. The van der Waals surface area contributed by atoms with E-state index in [9.17, 15) is 9.59 Å². The summed E-state index contributed by atoms with van der Waals surface area (Å²) in [5.74, 6) is 0.360. The van der Waals surface area contributed by atoms with Crippen LogP contribution in [0.3, 0.4) is 0 Å². The van der Waals surface area contributed by atoms with Crippen molar-refractivity contribution in [1.82, 2.24) is 19.7 Å². The van der Waals surface area contributed by atoms with Crippen LogP contribution in [-0.2, 0) is 16.1 Å². The second kappa shape index (κ2) is 10.4. The number of amides is 2. The Morgan fingerprint density at radius 3 is 2.53 bits per heavy atom. The van der Waals surface area contributed by atoms with Gasteiger partial charge < -0.3 is 14.5 Å². The lowest BCUT2D eigenvalue weighted by Gasteiger charge is -2.22. The van der Waals surface area contributed by atoms with E-state index in [2.05, 4.69) is 15.4 Å². The van der Waals surface area contributed by atoms with Crippen LogP contribution in [0.1, 0.15) is 42.1 Å². The number of hydrogen-bond acceptors (Lipinski definition) is 5. The zero-order chi connectivity index (χ0) is 24.9. The van der Waals surface area contributed by atoms with Crippen LogP contribution in [0, 0.1) is 0 Å². The Morgan fingerprint density at radius 2 is 1.78 bits per heavy atom. The van der Waals surface area contributed by atoms with Gasteiger partial charge in [-0.3, -0.25) is 9.59 Å². The van der Waals surface area contributed by atoms with Crippen LogP contribution in [0.15, 0.2) is 90.3 Å². The first-order chi connectivity index (χ1) is 17.6. The number of aromatic nitrogens is 2. The fourth-order valence-electron chi connectivity index (χ4n) is 4.32. The van der Waals surface area contributed by atoms with Crippen LogP contribution in [0.2, 0.25) is 0 Å². The average Bonchev–Trinajstić information content (AvgIpc) is 3.56. The molecule has 4 aromatic rings. The highest BCUT2D eigenvalue weighted by molar-refractivity contribution is 6.03. The van der Waals surface area contributed by atoms with E-state index >= 15 is 0 Å². The minimum Gasteiger partial charge on any atom is -0.497 e. The topological polar surface area (TPSA) is 88.3 Å². The molecule has 0 aliphatic carbocycles. The second-order valence-electron chi connectivity index (χ2n) is 8.62. The molecule has 0 spiro atoms. The van der Waals surface area contributed by atoms with Crippen LogP contribution in [0.5, 0.6) is 5.75 Å². The molecule has 0 fully saturated rings. The monoisotopic (exact) mass is 481 g/mol. The largest absolute Gasteiger partial charge is 0.497 e. The van der Waals surface area contributed by atoms with E-state index in [0.717, 1.165) is 33.9 Å². The average molecular weight is 482 g/mol. The molecule has 8 heteroatoms. The highest BCUT2D eigenvalue weighted by Gasteiger charge is 2.33. The number of nitrogens with one attached hydrogen (secondary N) is 1. The molecule has 0 bridgehead atoms. The molecule has 1 aliphatic rings. The Bertz CT molecular complexity index is 1360. The van der Waals surface area contributed by atoms with Crippen molar-refractivity contribution in [2.45, 2.75) is 31.8 Å². The molecule has 3 heterocycles. The van der Waals surface area contributed by atoms with E-state index in [1.165, 1.54) is 5.01 Å². The number of pyridine rings is 1. The SMILES string of the molecule is COc1ccc(C2CC(c3ccccc3)=NN2C(=O)CCC(=O)NCc2cn3ccccc3n2)cc1. The molecule has 2 amide bonds. The van der Waals surface area contributed by atoms with Gasteiger partial charge in [0.2, 0.25) is 11.8 Å². The Hall–Kier alpha value is -4.46. The summed E-state index contributed by atoms with van der Waals surface area (Å²) in [7, 11) is 1.62. The van der Waals surface area contributed by atoms with Crippen molar-refractivity contribution < 1.29 is 14.3 Å². The van der Waals surface area contributed by atoms with Crippen LogP contribution < -0.4 is 10.1 Å². The van der Waals surface area contributed by atoms with Crippen molar-refractivity contribution in [3.05, 3.63) is 102 Å². The summed E-state index contributed by atoms with van der Waals surface area (Å²) in [5.41, 5.74) is 4.38. The van der Waals surface area contributed by atoms with Gasteiger partial charge in [0.15, 0.2) is 0 Å². The first-order valence-corrected chi connectivity index (χ1v) is 11.9. The fourth-order valence-corrected chi connectivity index (χ4v) is 4.32. The summed E-state index contributed by atoms with van der Waals surface area (Å²) >= 11 is 0. The number of hydrazone groups is 1. The molecule has 0 radical (unpaired) electrons. The number of nitrogens with zero attached hydrogens (tertiary/aromatic N) is 4. The summed E-state index contributed by atoms with van der Waals surface area (Å²) in [6.45, 7) is 0.309. The van der Waals surface area contributed by atoms with Crippen LogP contribution in [-0.4, -0.2) is 39.0 Å². The summed E-state index contributed by atoms with van der Waals surface area (Å²) in [4.78, 5) is 30.2. The highest BCUT2D eigenvalue weighted by atomic mass is 16.5. The molecule has 36 heavy (non-hydrogen) atoms. The molecule has 5 rings (SSSR count). The van der Waals surface area contributed by atoms with Crippen molar-refractivity contribution in [2.75, 3.05) is 7.11 Å². The van der Waals surface area contributed by atoms with Gasteiger partial charge in [0.1, 0.15) is 11.4 Å². The van der Waals surface area contributed by atoms with Gasteiger partial charge in [0.25, 0.3) is 0 Å². The maximum Gasteiger partial charge on any atom is 0.243 e. The minimum atomic E-state index is -0.236. The third-order valence-electron chi connectivity index (χ3n) is 6.22. The Labute approximate surface area is 209 Å². The van der Waals surface area contributed by atoms with Crippen molar-refractivity contribution in [1.29, 1.82) is 0 Å². The standard InChI is InChI=1S/C28H27N5O3/c1-36-23-12-10-21(11-13-23)25-17-24(20-7-3-2-4-8-20)31-33(25)28(35)15-14-27(34)29-18-22-19-32-16-6-5-9-26(32)30-22/h2-13,16,19,25H,14-15,17-18H2,1H3,(H,29,34). The van der Waals surface area contributed by atoms with Crippen LogP contribution >= 0.6 is 0 Å². The van der Waals surface area contributed by atoms with Crippen LogP contribution in [0.25, 0.3) is 5.65 Å². The maximum absolute atomic E-state index is 13.2. The molecule has 8 nitrogen and oxygen atoms in total. The number of benzene rings is 2. The van der Waals surface area contributed by atoms with E-state index in [1.54, 1.807) is 7.11 Å². The van der Waals surface area contributed by atoms with E-state index in [1.807, 2.05) is 89.6 Å². The number of fused-ring (bicyclic) bond motifs is 1. The Balaban J connectivity index is 1.24. The third-order valence-corrected chi connectivity index (χ3v) is 6.22. The maximum atomic E-state index is 13.2. The molecule has 2 aromatic carbocycles. The van der Waals surface area contributed by atoms with E-state index in [-0.39, 0.29) is 30.7 Å². The number of imidazole rings is 1. The quantitative estimate of drug-likeness (QED) is 0.410. The van der Waals surface area contributed by atoms with Gasteiger partial charge in [-0.2, -0.15) is 5.10 Å². The number of hydrogen-bond donors (Lipinski definition) is 1. The Morgan fingerprint density at radius 1 is 1.00 bits per heavy atom. The second-order valence-corrected chi connectivity index (χ2v) is 8.62. The molecule has 0 saturated carbocycles. The van der Waals surface area contributed by atoms with Gasteiger partial charge in [-0.1, -0.05) is 48.5 Å². The van der Waals surface area contributed by atoms with E-state index in [0.29, 0.717) is 13.0 Å². The molecular formula is C28H27N5O3. The van der Waals surface area contributed by atoms with Gasteiger partial charge in [-0.25, -0.2) is 9.99 Å². The first kappa shape index (κ1) is 23.3. The van der Waals surface area contributed by atoms with Crippen LogP contribution in [0.4, 0.5) is 0 Å². The molecule has 1 unspecified atom stereocenters. The Kier molecular flexibility index (Phi) is 6.75. The summed E-state index contributed by atoms with van der Waals surface area (Å²) < 4.78 is 7.18. The number of rotatable bonds is 8. The summed E-state index contributed by atoms with van der Waals surface area (Å²) in [6, 6.07) is 23.0. The normalized spacial score (nSPS) is 15.1. The first-order valence-electron chi connectivity index (χ1n) is 11.9. The molecule has 1 aliphatic heterocycles. The third kappa shape index (κ3) is 5.12. The lowest BCUT2D eigenvalue weighted by molar-refractivity contribution is -0.135. The number of carbonyl (C=O) groups excluding carboxylic acids is 2. The predicted octanol–water partition coefficient (Wildman–Crippen LogP) is 4.12.